The first kappa shape index (κ1) is 27.3. The molecule has 1 unspecified atom stereocenters. The number of nitro groups is 1. The number of anilines is 1. The molecule has 0 radical (unpaired) electrons. The zero-order chi connectivity index (χ0) is 27.9. The molecular formula is C29H31N5O5. The number of nitro benzene ring substituents is 1. The van der Waals surface area contributed by atoms with Crippen molar-refractivity contribution in [3.63, 3.8) is 0 Å². The monoisotopic (exact) mass is 529 g/mol. The number of unbranched alkanes of at least 4 members (excludes halogenated alkanes) is 2. The van der Waals surface area contributed by atoms with E-state index in [0.717, 1.165) is 19.3 Å². The molecule has 0 aliphatic carbocycles. The third-order valence-corrected chi connectivity index (χ3v) is 6.57. The molecule has 2 amide bonds. The molecule has 10 heteroatoms. The van der Waals surface area contributed by atoms with E-state index in [0.29, 0.717) is 40.4 Å². The molecule has 0 bridgehead atoms. The topological polar surface area (TPSA) is 120 Å². The number of carbonyl (C=O) groups excluding carboxylic acids is 1. The Morgan fingerprint density at radius 1 is 1.08 bits per heavy atom. The summed E-state index contributed by atoms with van der Waals surface area (Å²) in [4.78, 5) is 44.4. The van der Waals surface area contributed by atoms with Gasteiger partial charge in [0.15, 0.2) is 0 Å². The predicted octanol–water partition coefficient (Wildman–Crippen LogP) is 6.09. The Bertz CT molecular complexity index is 1520. The summed E-state index contributed by atoms with van der Waals surface area (Å²) in [6, 6.07) is 18.9. The van der Waals surface area contributed by atoms with Gasteiger partial charge in [0, 0.05) is 24.4 Å². The lowest BCUT2D eigenvalue weighted by Crippen LogP contribution is -2.40. The maximum Gasteiger partial charge on any atom is 0.322 e. The summed E-state index contributed by atoms with van der Waals surface area (Å²) in [5, 5.41) is 14.3. The van der Waals surface area contributed by atoms with Gasteiger partial charge in [-0.1, -0.05) is 31.9 Å². The number of methoxy groups -OCH3 is 1. The quantitative estimate of drug-likeness (QED) is 0.151. The van der Waals surface area contributed by atoms with Crippen molar-refractivity contribution < 1.29 is 14.5 Å². The van der Waals surface area contributed by atoms with Crippen molar-refractivity contribution in [2.24, 2.45) is 0 Å². The maximum atomic E-state index is 13.8. The number of hydrogen-bond acceptors (Lipinski definition) is 6. The first-order valence-electron chi connectivity index (χ1n) is 12.8. The van der Waals surface area contributed by atoms with E-state index in [4.69, 9.17) is 9.72 Å². The van der Waals surface area contributed by atoms with Gasteiger partial charge in [-0.3, -0.25) is 19.5 Å². The Balaban J connectivity index is 1.77. The summed E-state index contributed by atoms with van der Waals surface area (Å²) in [5.41, 5.74) is 1.27. The van der Waals surface area contributed by atoms with Gasteiger partial charge >= 0.3 is 6.03 Å². The van der Waals surface area contributed by atoms with Gasteiger partial charge in [0.25, 0.3) is 11.2 Å². The average molecular weight is 530 g/mol. The predicted molar refractivity (Wildman–Crippen MR) is 151 cm³/mol. The average Bonchev–Trinajstić information content (AvgIpc) is 2.95. The van der Waals surface area contributed by atoms with Crippen LogP contribution in [0.3, 0.4) is 0 Å². The minimum absolute atomic E-state index is 0.0648. The molecule has 4 rings (SSSR count). The number of urea groups is 1. The molecule has 10 nitrogen and oxygen atoms in total. The number of hydrogen-bond donors (Lipinski definition) is 1. The van der Waals surface area contributed by atoms with Crippen molar-refractivity contribution in [2.45, 2.75) is 39.2 Å². The van der Waals surface area contributed by atoms with Crippen LogP contribution in [0.1, 0.15) is 45.0 Å². The molecule has 1 atom stereocenters. The zero-order valence-corrected chi connectivity index (χ0v) is 22.2. The molecule has 1 N–H and O–H groups in total. The van der Waals surface area contributed by atoms with Crippen molar-refractivity contribution in [3.05, 3.63) is 99.1 Å². The van der Waals surface area contributed by atoms with Crippen LogP contribution in [-0.2, 0) is 0 Å². The third kappa shape index (κ3) is 6.06. The highest BCUT2D eigenvalue weighted by atomic mass is 16.6. The molecule has 0 saturated heterocycles. The van der Waals surface area contributed by atoms with Gasteiger partial charge in [0.2, 0.25) is 0 Å². The van der Waals surface area contributed by atoms with Crippen LogP contribution in [0.5, 0.6) is 5.75 Å². The summed E-state index contributed by atoms with van der Waals surface area (Å²) >= 11 is 0. The minimum atomic E-state index is -0.584. The molecule has 0 saturated carbocycles. The number of benzene rings is 3. The molecule has 39 heavy (non-hydrogen) atoms. The SMILES string of the molecule is CCCCCN(C(=O)Nc1ccc([N+](=O)[O-])cc1)C(C)c1nc2ccccc2c(=O)n1-c1ccc(OC)cc1. The number of nitrogens with zero attached hydrogens (tertiary/aromatic N) is 4. The van der Waals surface area contributed by atoms with Gasteiger partial charge in [0.05, 0.1) is 34.7 Å². The molecule has 4 aromatic rings. The lowest BCUT2D eigenvalue weighted by atomic mass is 10.1. The van der Waals surface area contributed by atoms with E-state index >= 15 is 0 Å². The van der Waals surface area contributed by atoms with E-state index < -0.39 is 17.0 Å². The second-order valence-corrected chi connectivity index (χ2v) is 9.14. The zero-order valence-electron chi connectivity index (χ0n) is 22.2. The smallest absolute Gasteiger partial charge is 0.322 e. The van der Waals surface area contributed by atoms with E-state index in [1.54, 1.807) is 59.0 Å². The highest BCUT2D eigenvalue weighted by Gasteiger charge is 2.27. The highest BCUT2D eigenvalue weighted by Crippen LogP contribution is 2.26. The molecule has 0 fully saturated rings. The maximum absolute atomic E-state index is 13.8. The van der Waals surface area contributed by atoms with Crippen molar-refractivity contribution in [1.29, 1.82) is 0 Å². The molecule has 0 aliphatic heterocycles. The van der Waals surface area contributed by atoms with E-state index in [-0.39, 0.29) is 11.2 Å². The summed E-state index contributed by atoms with van der Waals surface area (Å²) in [6.45, 7) is 4.36. The second-order valence-electron chi connectivity index (χ2n) is 9.14. The van der Waals surface area contributed by atoms with Crippen LogP contribution in [-0.4, -0.2) is 39.1 Å². The van der Waals surface area contributed by atoms with E-state index in [1.165, 1.54) is 24.3 Å². The van der Waals surface area contributed by atoms with Crippen molar-refractivity contribution in [1.82, 2.24) is 14.5 Å². The Hall–Kier alpha value is -4.73. The molecule has 202 valence electrons. The second kappa shape index (κ2) is 12.2. The van der Waals surface area contributed by atoms with Crippen molar-refractivity contribution in [2.75, 3.05) is 19.0 Å². The number of non-ortho nitro benzene ring substituents is 1. The van der Waals surface area contributed by atoms with Crippen LogP contribution in [0, 0.1) is 10.1 Å². The largest absolute Gasteiger partial charge is 0.497 e. The van der Waals surface area contributed by atoms with Crippen LogP contribution in [0.2, 0.25) is 0 Å². The van der Waals surface area contributed by atoms with E-state index in [9.17, 15) is 19.7 Å². The Morgan fingerprint density at radius 3 is 2.41 bits per heavy atom. The molecule has 0 spiro atoms. The van der Waals surface area contributed by atoms with Crippen LogP contribution >= 0.6 is 0 Å². The molecule has 1 heterocycles. The summed E-state index contributed by atoms with van der Waals surface area (Å²) in [5.74, 6) is 1.07. The van der Waals surface area contributed by atoms with Crippen molar-refractivity contribution in [3.8, 4) is 11.4 Å². The number of para-hydroxylation sites is 1. The first-order chi connectivity index (χ1) is 18.8. The van der Waals surface area contributed by atoms with Gasteiger partial charge < -0.3 is 15.0 Å². The van der Waals surface area contributed by atoms with Gasteiger partial charge in [-0.15, -0.1) is 0 Å². The highest BCUT2D eigenvalue weighted by molar-refractivity contribution is 5.89. The van der Waals surface area contributed by atoms with Crippen molar-refractivity contribution >= 4 is 28.3 Å². The van der Waals surface area contributed by atoms with Gasteiger partial charge in [-0.2, -0.15) is 0 Å². The Kier molecular flexibility index (Phi) is 8.55. The fraction of sp³-hybridized carbons (Fsp3) is 0.276. The van der Waals surface area contributed by atoms with Gasteiger partial charge in [0.1, 0.15) is 11.6 Å². The molecule has 1 aromatic heterocycles. The fourth-order valence-electron chi connectivity index (χ4n) is 4.42. The lowest BCUT2D eigenvalue weighted by Gasteiger charge is -2.30. The molecular weight excluding hydrogens is 498 g/mol. The van der Waals surface area contributed by atoms with Crippen LogP contribution < -0.4 is 15.6 Å². The summed E-state index contributed by atoms with van der Waals surface area (Å²) in [6.07, 6.45) is 2.65. The van der Waals surface area contributed by atoms with Crippen LogP contribution in [0.4, 0.5) is 16.2 Å². The van der Waals surface area contributed by atoms with E-state index in [2.05, 4.69) is 12.2 Å². The lowest BCUT2D eigenvalue weighted by molar-refractivity contribution is -0.384. The standard InChI is InChI=1S/C29H31N5O5/c1-4-5-8-19-32(29(36)30-21-11-13-23(14-12-21)34(37)38)20(2)27-31-26-10-7-6-9-25(26)28(35)33(27)22-15-17-24(39-3)18-16-22/h6-7,9-18,20H,4-5,8,19H2,1-3H3,(H,30,36). The summed E-state index contributed by atoms with van der Waals surface area (Å²) in [7, 11) is 1.57. The number of carbonyl (C=O) groups is 1. The fourth-order valence-corrected chi connectivity index (χ4v) is 4.42. The number of fused-ring (bicyclic) bond motifs is 1. The van der Waals surface area contributed by atoms with E-state index in [1.807, 2.05) is 13.0 Å². The number of rotatable bonds is 10. The van der Waals surface area contributed by atoms with Gasteiger partial charge in [-0.25, -0.2) is 9.78 Å². The normalized spacial score (nSPS) is 11.7. The minimum Gasteiger partial charge on any atom is -0.497 e. The number of aromatic nitrogens is 2. The van der Waals surface area contributed by atoms with Crippen LogP contribution in [0.25, 0.3) is 16.6 Å². The number of nitrogens with one attached hydrogen (secondary N) is 1. The Labute approximate surface area is 226 Å². The van der Waals surface area contributed by atoms with Gasteiger partial charge in [-0.05, 0) is 61.9 Å². The number of ether oxygens (including phenoxy) is 1. The molecule has 3 aromatic carbocycles. The Morgan fingerprint density at radius 2 is 1.77 bits per heavy atom. The molecule has 0 aliphatic rings. The van der Waals surface area contributed by atoms with Crippen LogP contribution in [0.15, 0.2) is 77.6 Å². The first-order valence-corrected chi connectivity index (χ1v) is 12.8. The number of amides is 2. The third-order valence-electron chi connectivity index (χ3n) is 6.57. The summed E-state index contributed by atoms with van der Waals surface area (Å²) < 4.78 is 6.82.